The van der Waals surface area contributed by atoms with Gasteiger partial charge >= 0.3 is 6.09 Å². The molecule has 1 rings (SSSR count). The van der Waals surface area contributed by atoms with Crippen molar-refractivity contribution in [1.82, 2.24) is 9.80 Å². The van der Waals surface area contributed by atoms with Crippen LogP contribution in [0.1, 0.15) is 6.42 Å². The number of hydrogen-bond acceptors (Lipinski definition) is 4. The maximum Gasteiger partial charge on any atom is 0.410 e. The Labute approximate surface area is 88.4 Å². The van der Waals surface area contributed by atoms with Crippen LogP contribution in [0.5, 0.6) is 0 Å². The summed E-state index contributed by atoms with van der Waals surface area (Å²) in [7, 11) is 1.71. The summed E-state index contributed by atoms with van der Waals surface area (Å²) < 4.78 is 4.74. The molecule has 15 heavy (non-hydrogen) atoms. The molecule has 0 spiro atoms. The van der Waals surface area contributed by atoms with Gasteiger partial charge in [-0.25, -0.2) is 4.79 Å². The zero-order valence-corrected chi connectivity index (χ0v) is 8.81. The Hall–Kier alpha value is -1.30. The highest BCUT2D eigenvalue weighted by atomic mass is 16.6. The van der Waals surface area contributed by atoms with E-state index in [0.717, 1.165) is 6.42 Å². The van der Waals surface area contributed by atoms with Gasteiger partial charge in [-0.05, 0) is 6.42 Å². The summed E-state index contributed by atoms with van der Waals surface area (Å²) in [5.41, 5.74) is 0. The molecular formula is C9H16N2O4. The number of aliphatic hydroxyl groups is 1. The predicted molar refractivity (Wildman–Crippen MR) is 52.3 cm³/mol. The molecule has 1 heterocycles. The zero-order chi connectivity index (χ0) is 11.3. The lowest BCUT2D eigenvalue weighted by atomic mass is 10.4. The first-order chi connectivity index (χ1) is 7.15. The van der Waals surface area contributed by atoms with E-state index in [4.69, 9.17) is 9.84 Å². The molecule has 0 aromatic carbocycles. The monoisotopic (exact) mass is 216 g/mol. The lowest BCUT2D eigenvalue weighted by molar-refractivity contribution is -0.129. The molecule has 1 N–H and O–H groups in total. The second-order valence-corrected chi connectivity index (χ2v) is 3.43. The lowest BCUT2D eigenvalue weighted by Gasteiger charge is -2.18. The fraction of sp³-hybridized carbons (Fsp3) is 0.778. The molecule has 6 nitrogen and oxygen atoms in total. The van der Waals surface area contributed by atoms with Gasteiger partial charge in [-0.1, -0.05) is 0 Å². The molecule has 0 radical (unpaired) electrons. The first-order valence-corrected chi connectivity index (χ1v) is 4.91. The molecule has 0 unspecified atom stereocenters. The molecule has 0 saturated carbocycles. The molecule has 2 amide bonds. The van der Waals surface area contributed by atoms with Crippen LogP contribution in [-0.4, -0.2) is 66.8 Å². The van der Waals surface area contributed by atoms with Crippen LogP contribution >= 0.6 is 0 Å². The van der Waals surface area contributed by atoms with Gasteiger partial charge in [-0.2, -0.15) is 0 Å². The molecule has 0 aliphatic carbocycles. The van der Waals surface area contributed by atoms with Crippen LogP contribution in [0.4, 0.5) is 4.79 Å². The molecule has 1 fully saturated rings. The normalized spacial score (nSPS) is 17.6. The minimum Gasteiger partial charge on any atom is -0.447 e. The average molecular weight is 216 g/mol. The van der Waals surface area contributed by atoms with E-state index >= 15 is 0 Å². The number of rotatable bonds is 2. The van der Waals surface area contributed by atoms with E-state index in [2.05, 4.69) is 0 Å². The summed E-state index contributed by atoms with van der Waals surface area (Å²) in [5.74, 6) is -0.0894. The van der Waals surface area contributed by atoms with Gasteiger partial charge < -0.3 is 14.7 Å². The summed E-state index contributed by atoms with van der Waals surface area (Å²) >= 11 is 0. The molecule has 86 valence electrons. The number of nitrogens with zero attached hydrogens (tertiary/aromatic N) is 2. The quantitative estimate of drug-likeness (QED) is 0.661. The molecular weight excluding hydrogens is 200 g/mol. The Balaban J connectivity index is 2.47. The Bertz CT molecular complexity index is 244. The van der Waals surface area contributed by atoms with E-state index in [0.29, 0.717) is 13.1 Å². The third-order valence-corrected chi connectivity index (χ3v) is 2.25. The van der Waals surface area contributed by atoms with Gasteiger partial charge in [0.15, 0.2) is 0 Å². The largest absolute Gasteiger partial charge is 0.447 e. The van der Waals surface area contributed by atoms with Gasteiger partial charge in [0.25, 0.3) is 0 Å². The molecule has 0 bridgehead atoms. The van der Waals surface area contributed by atoms with Crippen LogP contribution in [0.25, 0.3) is 0 Å². The molecule has 1 aliphatic rings. The Kier molecular flexibility index (Phi) is 4.36. The third-order valence-electron chi connectivity index (χ3n) is 2.25. The van der Waals surface area contributed by atoms with Crippen LogP contribution in [0.15, 0.2) is 0 Å². The maximum absolute atomic E-state index is 11.4. The third kappa shape index (κ3) is 3.39. The van der Waals surface area contributed by atoms with E-state index < -0.39 is 6.09 Å². The Morgan fingerprint density at radius 1 is 1.53 bits per heavy atom. The van der Waals surface area contributed by atoms with Crippen LogP contribution in [0, 0.1) is 0 Å². The standard InChI is InChI=1S/C9H16N2O4/c1-10-3-2-4-11(7-8(10)13)9(14)15-6-5-12/h12H,2-7H2,1H3. The van der Waals surface area contributed by atoms with Crippen molar-refractivity contribution in [1.29, 1.82) is 0 Å². The van der Waals surface area contributed by atoms with Gasteiger partial charge in [0.1, 0.15) is 13.2 Å². The van der Waals surface area contributed by atoms with Gasteiger partial charge in [-0.15, -0.1) is 0 Å². The van der Waals surface area contributed by atoms with Gasteiger partial charge in [0.2, 0.25) is 5.91 Å². The molecule has 0 atom stereocenters. The van der Waals surface area contributed by atoms with E-state index in [-0.39, 0.29) is 25.7 Å². The number of carbonyl (C=O) groups is 2. The van der Waals surface area contributed by atoms with Gasteiger partial charge in [0.05, 0.1) is 6.61 Å². The number of carbonyl (C=O) groups excluding carboxylic acids is 2. The fourth-order valence-corrected chi connectivity index (χ4v) is 1.37. The van der Waals surface area contributed by atoms with Crippen molar-refractivity contribution in [2.75, 3.05) is 39.9 Å². The number of aliphatic hydroxyl groups excluding tert-OH is 1. The smallest absolute Gasteiger partial charge is 0.410 e. The summed E-state index contributed by atoms with van der Waals surface area (Å²) in [6.45, 7) is 0.997. The van der Waals surface area contributed by atoms with Crippen LogP contribution < -0.4 is 0 Å². The maximum atomic E-state index is 11.4. The van der Waals surface area contributed by atoms with Crippen molar-refractivity contribution >= 4 is 12.0 Å². The second-order valence-electron chi connectivity index (χ2n) is 3.43. The predicted octanol–water partition coefficient (Wildman–Crippen LogP) is -0.721. The number of hydrogen-bond donors (Lipinski definition) is 1. The number of amides is 2. The summed E-state index contributed by atoms with van der Waals surface area (Å²) in [4.78, 5) is 25.8. The Morgan fingerprint density at radius 2 is 2.27 bits per heavy atom. The zero-order valence-electron chi connectivity index (χ0n) is 8.81. The summed E-state index contributed by atoms with van der Waals surface area (Å²) in [5, 5.41) is 8.49. The van der Waals surface area contributed by atoms with Crippen molar-refractivity contribution in [2.45, 2.75) is 6.42 Å². The van der Waals surface area contributed by atoms with Crippen molar-refractivity contribution in [3.05, 3.63) is 0 Å². The molecule has 0 aromatic rings. The van der Waals surface area contributed by atoms with Gasteiger partial charge in [-0.3, -0.25) is 9.69 Å². The first-order valence-electron chi connectivity index (χ1n) is 4.91. The van der Waals surface area contributed by atoms with Crippen LogP contribution in [0.3, 0.4) is 0 Å². The highest BCUT2D eigenvalue weighted by molar-refractivity contribution is 5.82. The van der Waals surface area contributed by atoms with E-state index in [1.807, 2.05) is 0 Å². The minimum absolute atomic E-state index is 0.0284. The molecule has 1 aliphatic heterocycles. The van der Waals surface area contributed by atoms with Crippen molar-refractivity contribution < 1.29 is 19.4 Å². The highest BCUT2D eigenvalue weighted by Gasteiger charge is 2.23. The van der Waals surface area contributed by atoms with E-state index in [9.17, 15) is 9.59 Å². The lowest BCUT2D eigenvalue weighted by Crippen LogP contribution is -2.38. The summed E-state index contributed by atoms with van der Waals surface area (Å²) in [6.07, 6.45) is 0.212. The first kappa shape index (κ1) is 11.8. The summed E-state index contributed by atoms with van der Waals surface area (Å²) in [6, 6.07) is 0. The highest BCUT2D eigenvalue weighted by Crippen LogP contribution is 2.04. The number of ether oxygens (including phenoxy) is 1. The van der Waals surface area contributed by atoms with Gasteiger partial charge in [0, 0.05) is 20.1 Å². The Morgan fingerprint density at radius 3 is 2.93 bits per heavy atom. The van der Waals surface area contributed by atoms with E-state index in [1.165, 1.54) is 4.90 Å². The van der Waals surface area contributed by atoms with Crippen LogP contribution in [0.2, 0.25) is 0 Å². The average Bonchev–Trinajstić information content (AvgIpc) is 2.38. The topological polar surface area (TPSA) is 70.1 Å². The van der Waals surface area contributed by atoms with Crippen molar-refractivity contribution in [3.63, 3.8) is 0 Å². The molecule has 1 saturated heterocycles. The van der Waals surface area contributed by atoms with Crippen molar-refractivity contribution in [3.8, 4) is 0 Å². The van der Waals surface area contributed by atoms with Crippen molar-refractivity contribution in [2.24, 2.45) is 0 Å². The fourth-order valence-electron chi connectivity index (χ4n) is 1.37. The second kappa shape index (κ2) is 5.55. The SMILES string of the molecule is CN1CCCN(C(=O)OCCO)CC1=O. The molecule has 6 heteroatoms. The minimum atomic E-state index is -0.535. The van der Waals surface area contributed by atoms with E-state index in [1.54, 1.807) is 11.9 Å². The number of likely N-dealkylation sites (N-methyl/N-ethyl adjacent to an activating group) is 1. The molecule has 0 aromatic heterocycles. The van der Waals surface area contributed by atoms with Crippen LogP contribution in [-0.2, 0) is 9.53 Å².